The second-order valence-electron chi connectivity index (χ2n) is 21.8. The van der Waals surface area contributed by atoms with E-state index in [1.54, 1.807) is 77.2 Å². The van der Waals surface area contributed by atoms with Crippen LogP contribution in [0, 0.1) is 11.6 Å². The number of benzene rings is 2. The minimum Gasteiger partial charge on any atom is -0.478 e. The second-order valence-corrected chi connectivity index (χ2v) is 33.0. The Morgan fingerprint density at radius 2 is 1.14 bits per heavy atom. The van der Waals surface area contributed by atoms with Crippen molar-refractivity contribution in [3.05, 3.63) is 120 Å². The van der Waals surface area contributed by atoms with Crippen LogP contribution in [-0.2, 0) is 50.2 Å². The molecule has 0 aliphatic rings. The standard InChI is InChI=1S/C27H32FN7O4Si.C21H24FN5O3Si.C6H10N2O2/c1-16(27-31-18(13-36)14-39-27)30-26(37)20-12-35(15-38-8-9-40(3,4)5)25-24(20)32-21(11-29-25)23-19-7-6-17(28)10-22(19)34(2)33-23;1-26-17-9-13(22)5-6-14(17)18(25-26)16-10-23-20-19(24-16)15(21(28)29)11-27(20)12-30-7-8-31(2,3)4;1-4(7)6-8-5(2-9)3-10-6/h6-7,10-12,14,16,36H,8-9,13,15H2,1-5H3,(H,30,37);5-6,9-11H,7-8,12H2,1-4H3,(H,28,29);3-4,9H,2,7H2,1H3/t16-;;4-/m1.1/s1. The van der Waals surface area contributed by atoms with Gasteiger partial charge in [0.1, 0.15) is 94.4 Å². The van der Waals surface area contributed by atoms with E-state index in [-0.39, 0.29) is 61.3 Å². The zero-order chi connectivity index (χ0) is 58.5. The molecule has 10 aromatic rings. The van der Waals surface area contributed by atoms with Crippen molar-refractivity contribution in [1.82, 2.24) is 63.9 Å². The Morgan fingerprint density at radius 1 is 0.691 bits per heavy atom. The molecule has 0 saturated heterocycles. The summed E-state index contributed by atoms with van der Waals surface area (Å²) in [7, 11) is 0.958. The summed E-state index contributed by atoms with van der Waals surface area (Å²) < 4.78 is 56.1. The molecule has 0 fully saturated rings. The minimum atomic E-state index is -1.27. The van der Waals surface area contributed by atoms with Gasteiger partial charge < -0.3 is 53.8 Å². The molecule has 2 atom stereocenters. The third-order valence-electron chi connectivity index (χ3n) is 12.7. The number of carboxylic acids is 1. The average molecular weight is 1150 g/mol. The second kappa shape index (κ2) is 24.8. The zero-order valence-electron chi connectivity index (χ0n) is 46.7. The molecular weight excluding hydrogens is 1080 g/mol. The van der Waals surface area contributed by atoms with Crippen LogP contribution in [0.15, 0.2) is 82.5 Å². The van der Waals surface area contributed by atoms with Crippen molar-refractivity contribution in [2.24, 2.45) is 19.8 Å². The Labute approximate surface area is 465 Å². The summed E-state index contributed by atoms with van der Waals surface area (Å²) >= 11 is 0. The predicted octanol–water partition coefficient (Wildman–Crippen LogP) is 8.73. The van der Waals surface area contributed by atoms with Crippen LogP contribution in [0.4, 0.5) is 8.78 Å². The fourth-order valence-electron chi connectivity index (χ4n) is 8.31. The van der Waals surface area contributed by atoms with Gasteiger partial charge >= 0.3 is 5.97 Å². The van der Waals surface area contributed by atoms with Crippen molar-refractivity contribution >= 4 is 72.2 Å². The van der Waals surface area contributed by atoms with E-state index in [0.717, 1.165) is 17.5 Å². The number of ether oxygens (including phenoxy) is 2. The average Bonchev–Trinajstić information content (AvgIpc) is 4.34. The summed E-state index contributed by atoms with van der Waals surface area (Å²) in [5.74, 6) is -1.48. The number of amides is 1. The molecule has 2 aromatic carbocycles. The van der Waals surface area contributed by atoms with E-state index in [9.17, 15) is 28.6 Å². The zero-order valence-corrected chi connectivity index (χ0v) is 48.7. The number of halogens is 2. The van der Waals surface area contributed by atoms with Gasteiger partial charge in [-0.15, -0.1) is 0 Å². The van der Waals surface area contributed by atoms with Crippen LogP contribution in [0.25, 0.3) is 66.9 Å². The highest BCUT2D eigenvalue weighted by atomic mass is 28.3. The lowest BCUT2D eigenvalue weighted by atomic mass is 10.1. The number of aromatic nitrogens is 12. The number of aliphatic hydroxyl groups excluding tert-OH is 2. The van der Waals surface area contributed by atoms with Gasteiger partial charge in [0.15, 0.2) is 11.3 Å². The van der Waals surface area contributed by atoms with Crippen LogP contribution in [-0.4, -0.2) is 115 Å². The maximum absolute atomic E-state index is 13.9. The number of carboxylic acid groups (broad SMARTS) is 1. The highest BCUT2D eigenvalue weighted by molar-refractivity contribution is 6.76. The monoisotopic (exact) mass is 1150 g/mol. The van der Waals surface area contributed by atoms with Gasteiger partial charge in [-0.3, -0.25) is 14.2 Å². The Balaban J connectivity index is 0.000000185. The first kappa shape index (κ1) is 59.2. The maximum atomic E-state index is 13.9. The number of oxazole rings is 2. The molecule has 0 unspecified atom stereocenters. The molecule has 6 N–H and O–H groups in total. The van der Waals surface area contributed by atoms with E-state index in [0.29, 0.717) is 92.1 Å². The highest BCUT2D eigenvalue weighted by Crippen LogP contribution is 2.31. The molecule has 23 nitrogen and oxygen atoms in total. The quantitative estimate of drug-likeness (QED) is 0.0373. The third kappa shape index (κ3) is 14.2. The molecule has 1 amide bonds. The summed E-state index contributed by atoms with van der Waals surface area (Å²) in [5, 5.41) is 40.8. The molecule has 81 heavy (non-hydrogen) atoms. The summed E-state index contributed by atoms with van der Waals surface area (Å²) in [6.45, 7) is 18.4. The van der Waals surface area contributed by atoms with Gasteiger partial charge in [-0.25, -0.2) is 43.5 Å². The van der Waals surface area contributed by atoms with Gasteiger partial charge in [-0.1, -0.05) is 39.3 Å². The molecule has 27 heteroatoms. The van der Waals surface area contributed by atoms with Gasteiger partial charge in [0, 0.05) is 66.6 Å². The van der Waals surface area contributed by atoms with Crippen molar-refractivity contribution in [2.45, 2.75) is 104 Å². The van der Waals surface area contributed by atoms with Gasteiger partial charge in [0.05, 0.1) is 48.2 Å². The molecule has 10 rings (SSSR count). The number of aromatic carboxylic acids is 1. The number of nitrogens with one attached hydrogen (secondary N) is 1. The lowest BCUT2D eigenvalue weighted by Crippen LogP contribution is -2.27. The lowest BCUT2D eigenvalue weighted by Gasteiger charge is -2.15. The van der Waals surface area contributed by atoms with Gasteiger partial charge in [-0.2, -0.15) is 10.2 Å². The van der Waals surface area contributed by atoms with Crippen LogP contribution >= 0.6 is 0 Å². The Bertz CT molecular complexity index is 3850. The molecule has 8 aromatic heterocycles. The van der Waals surface area contributed by atoms with Crippen LogP contribution in [0.5, 0.6) is 0 Å². The first-order valence-electron chi connectivity index (χ1n) is 25.9. The van der Waals surface area contributed by atoms with E-state index < -0.39 is 34.1 Å². The minimum absolute atomic E-state index is 0.0458. The molecule has 0 spiro atoms. The summed E-state index contributed by atoms with van der Waals surface area (Å²) in [5.41, 5.74) is 11.4. The van der Waals surface area contributed by atoms with Crippen LogP contribution < -0.4 is 11.1 Å². The number of carbonyl (C=O) groups excluding carboxylic acids is 1. The number of aryl methyl sites for hydroxylation is 2. The molecule has 0 saturated carbocycles. The van der Waals surface area contributed by atoms with E-state index >= 15 is 0 Å². The van der Waals surface area contributed by atoms with Gasteiger partial charge in [0.25, 0.3) is 5.91 Å². The van der Waals surface area contributed by atoms with Crippen LogP contribution in [0.2, 0.25) is 51.4 Å². The lowest BCUT2D eigenvalue weighted by molar-refractivity contribution is 0.0695. The largest absolute Gasteiger partial charge is 0.478 e. The molecule has 0 radical (unpaired) electrons. The number of carbonyl (C=O) groups is 2. The molecular formula is C54H66F2N14O9Si2. The van der Waals surface area contributed by atoms with Gasteiger partial charge in [-0.05, 0) is 62.3 Å². The molecule has 0 aliphatic carbocycles. The fourth-order valence-corrected chi connectivity index (χ4v) is 9.82. The number of fused-ring (bicyclic) bond motifs is 4. The molecule has 0 aliphatic heterocycles. The maximum Gasteiger partial charge on any atom is 0.339 e. The van der Waals surface area contributed by atoms with E-state index in [1.807, 2.05) is 0 Å². The summed E-state index contributed by atoms with van der Waals surface area (Å²) in [4.78, 5) is 51.8. The van der Waals surface area contributed by atoms with E-state index in [2.05, 4.69) is 79.7 Å². The third-order valence-corrected chi connectivity index (χ3v) is 16.2. The Hall–Kier alpha value is -7.93. The molecule has 8 heterocycles. The normalized spacial score (nSPS) is 12.7. The Kier molecular flexibility index (Phi) is 18.2. The number of nitrogens with two attached hydrogens (primary N) is 1. The number of hydrogen-bond donors (Lipinski definition) is 5. The predicted molar refractivity (Wildman–Crippen MR) is 303 cm³/mol. The first-order chi connectivity index (χ1) is 38.4. The molecule has 428 valence electrons. The van der Waals surface area contributed by atoms with E-state index in [4.69, 9.17) is 34.1 Å². The number of rotatable bonds is 19. The first-order valence-corrected chi connectivity index (χ1v) is 33.4. The SMILES string of the molecule is C[C@@H](N)c1nc(CO)co1.C[C@@H](NC(=O)c1cn(COCC[Si](C)(C)C)c2ncc(-c3nn(C)c4cc(F)ccc34)nc12)c1nc(CO)co1.Cn1nc(-c2cnc3c(n2)c(C(=O)O)cn3COCC[Si](C)(C)C)c2ccc(F)cc21. The van der Waals surface area contributed by atoms with Crippen molar-refractivity contribution in [3.8, 4) is 22.8 Å². The Morgan fingerprint density at radius 3 is 1.56 bits per heavy atom. The van der Waals surface area contributed by atoms with Crippen LogP contribution in [0.1, 0.15) is 69.8 Å². The fraction of sp³-hybridized carbons (Fsp3) is 0.370. The summed E-state index contributed by atoms with van der Waals surface area (Å²) in [6.07, 6.45) is 9.07. The highest BCUT2D eigenvalue weighted by Gasteiger charge is 2.25. The van der Waals surface area contributed by atoms with Crippen molar-refractivity contribution in [3.63, 3.8) is 0 Å². The number of hydrogen-bond acceptors (Lipinski definition) is 17. The smallest absolute Gasteiger partial charge is 0.339 e. The number of aliphatic hydroxyl groups is 2. The topological polar surface area (TPSA) is 300 Å². The molecule has 0 bridgehead atoms. The van der Waals surface area contributed by atoms with Crippen molar-refractivity contribution in [1.29, 1.82) is 0 Å². The van der Waals surface area contributed by atoms with Crippen molar-refractivity contribution in [2.75, 3.05) is 13.2 Å². The van der Waals surface area contributed by atoms with Gasteiger partial charge in [0.2, 0.25) is 11.8 Å². The van der Waals surface area contributed by atoms with Crippen molar-refractivity contribution < 1.29 is 52.0 Å². The van der Waals surface area contributed by atoms with Crippen LogP contribution in [0.3, 0.4) is 0 Å². The van der Waals surface area contributed by atoms with E-state index in [1.165, 1.54) is 43.0 Å². The summed E-state index contributed by atoms with van der Waals surface area (Å²) in [6, 6.07) is 10.1. The number of nitrogens with zero attached hydrogens (tertiary/aromatic N) is 12.